The molecule has 1 fully saturated rings. The lowest BCUT2D eigenvalue weighted by Crippen LogP contribution is -2.48. The maximum atomic E-state index is 12.7. The van der Waals surface area contributed by atoms with Crippen LogP contribution in [0.3, 0.4) is 0 Å². The van der Waals surface area contributed by atoms with E-state index in [1.807, 2.05) is 0 Å². The van der Waals surface area contributed by atoms with E-state index in [2.05, 4.69) is 43.7 Å². The van der Waals surface area contributed by atoms with Crippen LogP contribution >= 0.6 is 31.9 Å². The highest BCUT2D eigenvalue weighted by Crippen LogP contribution is 2.34. The fourth-order valence-corrected chi connectivity index (χ4v) is 6.20. The van der Waals surface area contributed by atoms with E-state index in [0.717, 1.165) is 19.6 Å². The molecule has 1 heterocycles. The van der Waals surface area contributed by atoms with Gasteiger partial charge in [0.25, 0.3) is 0 Å². The van der Waals surface area contributed by atoms with Crippen LogP contribution in [0.1, 0.15) is 6.92 Å². The number of likely N-dealkylation sites (N-methyl/N-ethyl adjacent to an activating group) is 1. The molecular weight excluding hydrogens is 410 g/mol. The van der Waals surface area contributed by atoms with Crippen LogP contribution in [0.25, 0.3) is 0 Å². The molecule has 1 aromatic carbocycles. The van der Waals surface area contributed by atoms with E-state index in [9.17, 15) is 8.42 Å². The Kier molecular flexibility index (Phi) is 5.12. The van der Waals surface area contributed by atoms with Gasteiger partial charge >= 0.3 is 0 Å². The predicted octanol–water partition coefficient (Wildman–Crippen LogP) is 2.12. The molecule has 1 saturated heterocycles. The van der Waals surface area contributed by atoms with Crippen LogP contribution in [0.5, 0.6) is 0 Å². The number of anilines is 1. The number of nitrogen functional groups attached to an aromatic ring is 1. The van der Waals surface area contributed by atoms with Crippen molar-refractivity contribution >= 4 is 47.6 Å². The Labute approximate surface area is 136 Å². The fourth-order valence-electron chi connectivity index (χ4n) is 2.24. The number of nitrogens with two attached hydrogens (primary N) is 1. The Morgan fingerprint density at radius 1 is 1.15 bits per heavy atom. The van der Waals surface area contributed by atoms with Gasteiger partial charge in [0, 0.05) is 40.8 Å². The summed E-state index contributed by atoms with van der Waals surface area (Å²) in [5.41, 5.74) is 6.22. The second kappa shape index (κ2) is 6.31. The van der Waals surface area contributed by atoms with Crippen molar-refractivity contribution in [2.75, 3.05) is 38.5 Å². The molecule has 1 aliphatic heterocycles. The van der Waals surface area contributed by atoms with Crippen LogP contribution in [0.2, 0.25) is 0 Å². The van der Waals surface area contributed by atoms with Gasteiger partial charge in [-0.25, -0.2) is 8.42 Å². The zero-order valence-electron chi connectivity index (χ0n) is 11.1. The average Bonchev–Trinajstić information content (AvgIpc) is 2.37. The summed E-state index contributed by atoms with van der Waals surface area (Å²) < 4.78 is 28.0. The number of nitrogens with zero attached hydrogens (tertiary/aromatic N) is 2. The molecule has 0 aromatic heterocycles. The van der Waals surface area contributed by atoms with Crippen molar-refractivity contribution in [2.45, 2.75) is 11.8 Å². The normalized spacial score (nSPS) is 18.4. The molecule has 0 amide bonds. The van der Waals surface area contributed by atoms with Gasteiger partial charge in [-0.1, -0.05) is 6.92 Å². The van der Waals surface area contributed by atoms with Crippen molar-refractivity contribution in [3.63, 3.8) is 0 Å². The maximum absolute atomic E-state index is 12.7. The quantitative estimate of drug-likeness (QED) is 0.751. The summed E-state index contributed by atoms with van der Waals surface area (Å²) in [6.07, 6.45) is 0. The molecule has 112 valence electrons. The number of rotatable bonds is 3. The summed E-state index contributed by atoms with van der Waals surface area (Å²) in [6.45, 7) is 5.58. The summed E-state index contributed by atoms with van der Waals surface area (Å²) in [4.78, 5) is 2.48. The van der Waals surface area contributed by atoms with Crippen molar-refractivity contribution < 1.29 is 8.42 Å². The summed E-state index contributed by atoms with van der Waals surface area (Å²) >= 11 is 6.60. The molecule has 2 N–H and O–H groups in total. The standard InChI is InChI=1S/C12H17Br2N3O2S/c1-2-16-3-5-17(6-4-16)20(18,19)12-10(13)7-9(15)8-11(12)14/h7-8H,2-6,15H2,1H3. The Hall–Kier alpha value is -0.150. The van der Waals surface area contributed by atoms with Crippen molar-refractivity contribution in [2.24, 2.45) is 0 Å². The molecule has 8 heteroatoms. The van der Waals surface area contributed by atoms with Crippen LogP contribution < -0.4 is 5.73 Å². The van der Waals surface area contributed by atoms with E-state index in [4.69, 9.17) is 5.73 Å². The fraction of sp³-hybridized carbons (Fsp3) is 0.500. The molecule has 20 heavy (non-hydrogen) atoms. The van der Waals surface area contributed by atoms with Gasteiger partial charge in [-0.3, -0.25) is 0 Å². The molecule has 0 bridgehead atoms. The Bertz CT molecular complexity index is 576. The first kappa shape index (κ1) is 16.2. The van der Waals surface area contributed by atoms with Gasteiger partial charge in [-0.05, 0) is 50.5 Å². The minimum atomic E-state index is -3.51. The zero-order valence-corrected chi connectivity index (χ0v) is 15.1. The van der Waals surface area contributed by atoms with Gasteiger partial charge in [-0.2, -0.15) is 4.31 Å². The van der Waals surface area contributed by atoms with Crippen molar-refractivity contribution in [3.05, 3.63) is 21.1 Å². The summed E-state index contributed by atoms with van der Waals surface area (Å²) in [6, 6.07) is 3.22. The number of hydrogen-bond donors (Lipinski definition) is 1. The topological polar surface area (TPSA) is 66.6 Å². The van der Waals surface area contributed by atoms with E-state index in [0.29, 0.717) is 27.7 Å². The van der Waals surface area contributed by atoms with Gasteiger partial charge in [-0.15, -0.1) is 0 Å². The monoisotopic (exact) mass is 425 g/mol. The molecule has 2 rings (SSSR count). The van der Waals surface area contributed by atoms with Gasteiger partial charge in [0.05, 0.1) is 0 Å². The Balaban J connectivity index is 2.32. The van der Waals surface area contributed by atoms with Gasteiger partial charge in [0.1, 0.15) is 4.90 Å². The molecule has 0 atom stereocenters. The van der Waals surface area contributed by atoms with Crippen molar-refractivity contribution in [1.29, 1.82) is 0 Å². The van der Waals surface area contributed by atoms with E-state index in [-0.39, 0.29) is 4.90 Å². The lowest BCUT2D eigenvalue weighted by Gasteiger charge is -2.33. The summed E-state index contributed by atoms with van der Waals surface area (Å²) in [7, 11) is -3.51. The first-order chi connectivity index (χ1) is 9.36. The van der Waals surface area contributed by atoms with Crippen molar-refractivity contribution in [3.8, 4) is 0 Å². The predicted molar refractivity (Wildman–Crippen MR) is 87.1 cm³/mol. The summed E-state index contributed by atoms with van der Waals surface area (Å²) in [5.74, 6) is 0. The average molecular weight is 427 g/mol. The number of hydrogen-bond acceptors (Lipinski definition) is 4. The molecule has 0 radical (unpaired) electrons. The lowest BCUT2D eigenvalue weighted by atomic mass is 10.3. The number of piperazine rings is 1. The van der Waals surface area contributed by atoms with E-state index < -0.39 is 10.0 Å². The molecule has 5 nitrogen and oxygen atoms in total. The minimum Gasteiger partial charge on any atom is -0.399 e. The number of sulfonamides is 1. The minimum absolute atomic E-state index is 0.247. The van der Waals surface area contributed by atoms with Crippen LogP contribution in [-0.4, -0.2) is 50.3 Å². The highest BCUT2D eigenvalue weighted by molar-refractivity contribution is 9.11. The van der Waals surface area contributed by atoms with E-state index >= 15 is 0 Å². The number of halogens is 2. The Morgan fingerprint density at radius 2 is 1.65 bits per heavy atom. The van der Waals surface area contributed by atoms with Crippen molar-refractivity contribution in [1.82, 2.24) is 9.21 Å². The Morgan fingerprint density at radius 3 is 2.10 bits per heavy atom. The third-order valence-electron chi connectivity index (χ3n) is 3.40. The molecule has 1 aliphatic rings. The van der Waals surface area contributed by atoms with Crippen LogP contribution in [0, 0.1) is 0 Å². The smallest absolute Gasteiger partial charge is 0.245 e. The van der Waals surface area contributed by atoms with Gasteiger partial charge in [0.15, 0.2) is 0 Å². The SMILES string of the molecule is CCN1CCN(S(=O)(=O)c2c(Br)cc(N)cc2Br)CC1. The molecule has 0 spiro atoms. The van der Waals surface area contributed by atoms with E-state index in [1.54, 1.807) is 12.1 Å². The molecule has 1 aromatic rings. The van der Waals surface area contributed by atoms with Crippen LogP contribution in [0.4, 0.5) is 5.69 Å². The molecule has 0 aliphatic carbocycles. The third kappa shape index (κ3) is 3.19. The van der Waals surface area contributed by atoms with E-state index in [1.165, 1.54) is 4.31 Å². The van der Waals surface area contributed by atoms with Gasteiger partial charge in [0.2, 0.25) is 10.0 Å². The lowest BCUT2D eigenvalue weighted by molar-refractivity contribution is 0.196. The molecule has 0 saturated carbocycles. The summed E-state index contributed by atoms with van der Waals surface area (Å²) in [5, 5.41) is 0. The van der Waals surface area contributed by atoms with Crippen LogP contribution in [0.15, 0.2) is 26.0 Å². The molecule has 0 unspecified atom stereocenters. The first-order valence-corrected chi connectivity index (χ1v) is 9.36. The highest BCUT2D eigenvalue weighted by atomic mass is 79.9. The second-order valence-corrected chi connectivity index (χ2v) is 8.24. The van der Waals surface area contributed by atoms with Crippen LogP contribution in [-0.2, 0) is 10.0 Å². The zero-order chi connectivity index (χ0) is 14.9. The molecular formula is C12H17Br2N3O2S. The largest absolute Gasteiger partial charge is 0.399 e. The maximum Gasteiger partial charge on any atom is 0.245 e. The number of benzene rings is 1. The highest BCUT2D eigenvalue weighted by Gasteiger charge is 2.31. The second-order valence-electron chi connectivity index (χ2n) is 4.65. The van der Waals surface area contributed by atoms with Gasteiger partial charge < -0.3 is 10.6 Å². The third-order valence-corrected chi connectivity index (χ3v) is 7.17. The first-order valence-electron chi connectivity index (χ1n) is 6.33.